The molecule has 4 rings (SSSR count). The highest BCUT2D eigenvalue weighted by Gasteiger charge is 2.38. The second-order valence-corrected chi connectivity index (χ2v) is 20.5. The highest BCUT2D eigenvalue weighted by molar-refractivity contribution is 8.22. The van der Waals surface area contributed by atoms with E-state index in [1.165, 1.54) is 30.0 Å². The first-order valence-electron chi connectivity index (χ1n) is 22.6. The lowest BCUT2D eigenvalue weighted by Gasteiger charge is -2.37. The zero-order chi connectivity index (χ0) is 46.8. The molecule has 7 atom stereocenters. The second-order valence-electron chi connectivity index (χ2n) is 17.4. The summed E-state index contributed by atoms with van der Waals surface area (Å²) >= 11 is 4.32. The molecule has 2 aliphatic heterocycles. The number of hydrogen-bond donors (Lipinski definition) is 3. The minimum absolute atomic E-state index is 0.0109. The van der Waals surface area contributed by atoms with E-state index in [0.717, 1.165) is 42.9 Å². The molecule has 0 aliphatic carbocycles. The molecule has 354 valence electrons. The molecule has 3 N–H and O–H groups in total. The number of nitrogens with zero attached hydrogens (tertiary/aromatic N) is 3. The van der Waals surface area contributed by atoms with Gasteiger partial charge in [0.25, 0.3) is 11.8 Å². The molecule has 2 aromatic rings. The van der Waals surface area contributed by atoms with Crippen LogP contribution < -0.4 is 16.0 Å². The van der Waals surface area contributed by atoms with Crippen LogP contribution >= 0.6 is 34.9 Å². The second kappa shape index (κ2) is 27.0. The maximum Gasteiger partial charge on any atom is 0.303 e. The van der Waals surface area contributed by atoms with Crippen LogP contribution in [0.4, 0.5) is 0 Å². The number of aromatic nitrogens is 1. The van der Waals surface area contributed by atoms with Crippen molar-refractivity contribution in [1.82, 2.24) is 30.7 Å². The average Bonchev–Trinajstić information content (AvgIpc) is 4.00. The zero-order valence-corrected chi connectivity index (χ0v) is 41.3. The molecule has 0 spiro atoms. The van der Waals surface area contributed by atoms with Crippen molar-refractivity contribution in [1.29, 1.82) is 0 Å². The minimum Gasteiger partial charge on any atom is -0.455 e. The number of ketones is 1. The lowest BCUT2D eigenvalue weighted by Crippen LogP contribution is -2.48. The third-order valence-corrected chi connectivity index (χ3v) is 15.3. The Hall–Kier alpha value is -3.77. The van der Waals surface area contributed by atoms with E-state index in [2.05, 4.69) is 25.8 Å². The van der Waals surface area contributed by atoms with Crippen LogP contribution in [-0.2, 0) is 39.9 Å². The topological polar surface area (TPSA) is 176 Å². The van der Waals surface area contributed by atoms with Gasteiger partial charge in [-0.25, -0.2) is 4.98 Å². The molecule has 0 saturated carbocycles. The van der Waals surface area contributed by atoms with E-state index in [1.807, 2.05) is 77.4 Å². The fraction of sp³-hybridized carbons (Fsp3) is 0.638. The van der Waals surface area contributed by atoms with Gasteiger partial charge in [-0.1, -0.05) is 77.8 Å². The molecular formula is C47H70N6O8S3. The van der Waals surface area contributed by atoms with Gasteiger partial charge in [-0.2, -0.15) is 0 Å². The van der Waals surface area contributed by atoms with Crippen LogP contribution in [0.15, 0.2) is 46.0 Å². The van der Waals surface area contributed by atoms with E-state index in [1.54, 1.807) is 29.1 Å². The smallest absolute Gasteiger partial charge is 0.303 e. The van der Waals surface area contributed by atoms with Gasteiger partial charge in [0, 0.05) is 74.3 Å². The monoisotopic (exact) mass is 942 g/mol. The van der Waals surface area contributed by atoms with E-state index < -0.39 is 35.9 Å². The summed E-state index contributed by atoms with van der Waals surface area (Å²) < 4.78 is 11.5. The summed E-state index contributed by atoms with van der Waals surface area (Å²) in [6.07, 6.45) is 4.07. The standard InChI is InChI=1S/C47H70N6O8S3/c1-9-31(4)36(25-40(55)38-17-13-14-20-52(38)7)47(59)53(8)39(30(2)3)26-41(61-33(6)54)46-51-37(27-63-46)44(57)50-35(24-34-15-11-10-12-16-34)23-32(5)43(56)48-18-21-60-22-19-49-45(58)42-28-62-29-64-42/h10-12,15-16,27-28,30-32,35-36,38-39,41H,9,13-14,17-26,29H2,1-8H3,(H,48,56)(H,49,58)(H,50,57)/t31-,32?,35+,36-,38+,39+,41+/m0/s1. The van der Waals surface area contributed by atoms with Gasteiger partial charge in [0.15, 0.2) is 11.9 Å². The van der Waals surface area contributed by atoms with Crippen molar-refractivity contribution < 1.29 is 38.2 Å². The molecule has 3 heterocycles. The van der Waals surface area contributed by atoms with E-state index in [-0.39, 0.29) is 72.6 Å². The van der Waals surface area contributed by atoms with Crippen molar-refractivity contribution >= 4 is 70.2 Å². The highest BCUT2D eigenvalue weighted by Crippen LogP contribution is 2.34. The quantitative estimate of drug-likeness (QED) is 0.0680. The molecule has 1 aromatic heterocycles. The zero-order valence-electron chi connectivity index (χ0n) is 38.9. The summed E-state index contributed by atoms with van der Waals surface area (Å²) in [7, 11) is 3.75. The maximum absolute atomic E-state index is 14.4. The number of rotatable bonds is 26. The van der Waals surface area contributed by atoms with Gasteiger partial charge in [0.2, 0.25) is 11.8 Å². The summed E-state index contributed by atoms with van der Waals surface area (Å²) in [5.41, 5.74) is 1.16. The molecule has 4 amide bonds. The van der Waals surface area contributed by atoms with E-state index >= 15 is 0 Å². The number of likely N-dealkylation sites (N-methyl/N-ethyl adjacent to an activating group) is 1. The van der Waals surface area contributed by atoms with Crippen LogP contribution in [0, 0.1) is 23.7 Å². The summed E-state index contributed by atoms with van der Waals surface area (Å²) in [5.74, 6) is -2.17. The van der Waals surface area contributed by atoms with Crippen molar-refractivity contribution in [2.24, 2.45) is 23.7 Å². The normalized spacial score (nSPS) is 18.2. The number of ether oxygens (including phenoxy) is 2. The Kier molecular flexibility index (Phi) is 22.3. The fourth-order valence-corrected chi connectivity index (χ4v) is 11.0. The lowest BCUT2D eigenvalue weighted by molar-refractivity contribution is -0.149. The van der Waals surface area contributed by atoms with Gasteiger partial charge in [0.05, 0.1) is 24.2 Å². The third kappa shape index (κ3) is 16.6. The number of benzene rings is 1. The lowest BCUT2D eigenvalue weighted by atomic mass is 9.83. The van der Waals surface area contributed by atoms with Gasteiger partial charge in [-0.3, -0.25) is 33.7 Å². The third-order valence-electron chi connectivity index (χ3n) is 12.1. The first kappa shape index (κ1) is 52.9. The van der Waals surface area contributed by atoms with E-state index in [9.17, 15) is 28.8 Å². The molecule has 0 bridgehead atoms. The largest absolute Gasteiger partial charge is 0.455 e. The first-order chi connectivity index (χ1) is 30.6. The van der Waals surface area contributed by atoms with Crippen LogP contribution in [0.25, 0.3) is 0 Å². The van der Waals surface area contributed by atoms with Crippen molar-refractivity contribution in [3.05, 3.63) is 62.3 Å². The number of thioether (sulfide) groups is 2. The van der Waals surface area contributed by atoms with Gasteiger partial charge in [0.1, 0.15) is 10.7 Å². The number of Topliss-reactive ketones (excluding diaryl/α,β-unsaturated/α-hetero) is 1. The number of likely N-dealkylation sites (tertiary alicyclic amines) is 1. The van der Waals surface area contributed by atoms with Crippen LogP contribution in [-0.4, -0.2) is 120 Å². The highest BCUT2D eigenvalue weighted by atomic mass is 32.2. The molecule has 64 heavy (non-hydrogen) atoms. The van der Waals surface area contributed by atoms with Crippen LogP contribution in [0.2, 0.25) is 0 Å². The van der Waals surface area contributed by atoms with Crippen molar-refractivity contribution in [2.75, 3.05) is 52.0 Å². The van der Waals surface area contributed by atoms with Crippen LogP contribution in [0.1, 0.15) is 114 Å². The number of carbonyl (C=O) groups excluding carboxylic acids is 6. The van der Waals surface area contributed by atoms with Crippen LogP contribution in [0.5, 0.6) is 0 Å². The number of hydrogen-bond acceptors (Lipinski definition) is 13. The number of esters is 1. The average molecular weight is 943 g/mol. The molecule has 17 heteroatoms. The fourth-order valence-electron chi connectivity index (χ4n) is 8.20. The maximum atomic E-state index is 14.4. The Morgan fingerprint density at radius 3 is 2.33 bits per heavy atom. The summed E-state index contributed by atoms with van der Waals surface area (Å²) in [5, 5.41) is 13.6. The molecule has 1 unspecified atom stereocenters. The van der Waals surface area contributed by atoms with Crippen molar-refractivity contribution in [3.8, 4) is 0 Å². The van der Waals surface area contributed by atoms with Crippen LogP contribution in [0.3, 0.4) is 0 Å². The number of piperidine rings is 1. The molecule has 1 aromatic carbocycles. The first-order valence-corrected chi connectivity index (χ1v) is 25.6. The molecule has 1 saturated heterocycles. The Morgan fingerprint density at radius 2 is 1.69 bits per heavy atom. The predicted molar refractivity (Wildman–Crippen MR) is 256 cm³/mol. The number of nitrogens with one attached hydrogen (secondary N) is 3. The Balaban J connectivity index is 1.39. The van der Waals surface area contributed by atoms with Crippen molar-refractivity contribution in [2.45, 2.75) is 117 Å². The van der Waals surface area contributed by atoms with E-state index in [0.29, 0.717) is 42.5 Å². The molecular weight excluding hydrogens is 873 g/mol. The Labute approximate surface area is 392 Å². The number of thiazole rings is 1. The van der Waals surface area contributed by atoms with Crippen molar-refractivity contribution in [3.63, 3.8) is 0 Å². The number of amides is 4. The van der Waals surface area contributed by atoms with Gasteiger partial charge in [-0.05, 0) is 62.1 Å². The summed E-state index contributed by atoms with van der Waals surface area (Å²) in [6.45, 7) is 13.4. The van der Waals surface area contributed by atoms with Gasteiger partial charge in [-0.15, -0.1) is 34.9 Å². The van der Waals surface area contributed by atoms with Gasteiger partial charge < -0.3 is 30.3 Å². The molecule has 14 nitrogen and oxygen atoms in total. The van der Waals surface area contributed by atoms with Gasteiger partial charge >= 0.3 is 5.97 Å². The minimum atomic E-state index is -0.828. The summed E-state index contributed by atoms with van der Waals surface area (Å²) in [4.78, 5) is 88.9. The molecule has 0 radical (unpaired) electrons. The van der Waals surface area contributed by atoms with E-state index in [4.69, 9.17) is 9.47 Å². The summed E-state index contributed by atoms with van der Waals surface area (Å²) in [6, 6.07) is 8.78. The Morgan fingerprint density at radius 1 is 0.969 bits per heavy atom. The SMILES string of the molecule is CC[C@H](C)[C@H](CC(=O)[C@H]1CCCCN1C)C(=O)N(C)[C@H](C[C@@H](OC(C)=O)c1nc(C(=O)N[C@@H](Cc2ccccc2)CC(C)C(=O)NCCOCCNC(=O)C2=CSCS2)cs1)C(C)C. The Bertz CT molecular complexity index is 1880. The number of carbonyl (C=O) groups is 6. The predicted octanol–water partition coefficient (Wildman–Crippen LogP) is 6.62. The molecule has 2 aliphatic rings. The molecule has 1 fully saturated rings.